The second-order valence-corrected chi connectivity index (χ2v) is 7.17. The lowest BCUT2D eigenvalue weighted by atomic mass is 10.1. The van der Waals surface area contributed by atoms with E-state index in [4.69, 9.17) is 22.1 Å². The molecule has 0 bridgehead atoms. The molecule has 0 radical (unpaired) electrons. The van der Waals surface area contributed by atoms with Gasteiger partial charge in [-0.15, -0.1) is 11.3 Å². The number of hydrogen-bond donors (Lipinski definition) is 1. The molecule has 2 unspecified atom stereocenters. The molecular weight excluding hydrogens is 336 g/mol. The predicted molar refractivity (Wildman–Crippen MR) is 80.4 cm³/mol. The number of rotatable bonds is 5. The molecule has 1 aromatic rings. The zero-order valence-electron chi connectivity index (χ0n) is 10.4. The van der Waals surface area contributed by atoms with E-state index in [2.05, 4.69) is 26.9 Å². The molecule has 2 rings (SSSR count). The third-order valence-corrected chi connectivity index (χ3v) is 5.95. The third kappa shape index (κ3) is 3.26. The standard InChI is InChI=1S/C12H18BrClN2OS/c1-17-7-8-2-3-16(6-8)10(5-15)11-4-9(13)12(14)18-11/h4,8,10H,2-3,5-7,15H2,1H3. The molecule has 0 saturated carbocycles. The van der Waals surface area contributed by atoms with Crippen LogP contribution in [0.5, 0.6) is 0 Å². The van der Waals surface area contributed by atoms with Gasteiger partial charge >= 0.3 is 0 Å². The maximum Gasteiger partial charge on any atom is 0.107 e. The Hall–Kier alpha value is 0.350. The molecule has 3 nitrogen and oxygen atoms in total. The summed E-state index contributed by atoms with van der Waals surface area (Å²) in [6, 6.07) is 2.37. The number of halogens is 2. The summed E-state index contributed by atoms with van der Waals surface area (Å²) in [7, 11) is 1.76. The summed E-state index contributed by atoms with van der Waals surface area (Å²) in [4.78, 5) is 3.69. The lowest BCUT2D eigenvalue weighted by molar-refractivity contribution is 0.148. The summed E-state index contributed by atoms with van der Waals surface area (Å²) in [6.07, 6.45) is 1.19. The molecule has 1 aliphatic heterocycles. The summed E-state index contributed by atoms with van der Waals surface area (Å²) in [5, 5.41) is 0. The van der Waals surface area contributed by atoms with E-state index >= 15 is 0 Å². The average molecular weight is 354 g/mol. The fraction of sp³-hybridized carbons (Fsp3) is 0.667. The molecule has 2 N–H and O–H groups in total. The van der Waals surface area contributed by atoms with Crippen LogP contribution in [0.15, 0.2) is 10.5 Å². The molecule has 18 heavy (non-hydrogen) atoms. The SMILES string of the molecule is COCC1CCN(C(CN)c2cc(Br)c(Cl)s2)C1. The maximum atomic E-state index is 6.11. The van der Waals surface area contributed by atoms with Crippen LogP contribution in [0.1, 0.15) is 17.3 Å². The van der Waals surface area contributed by atoms with E-state index < -0.39 is 0 Å². The summed E-state index contributed by atoms with van der Waals surface area (Å²) in [5.41, 5.74) is 5.94. The lowest BCUT2D eigenvalue weighted by Crippen LogP contribution is -2.31. The van der Waals surface area contributed by atoms with Crippen molar-refractivity contribution in [2.75, 3.05) is 33.4 Å². The largest absolute Gasteiger partial charge is 0.384 e. The van der Waals surface area contributed by atoms with Gasteiger partial charge in [0.05, 0.1) is 12.6 Å². The van der Waals surface area contributed by atoms with Gasteiger partial charge in [0.15, 0.2) is 0 Å². The van der Waals surface area contributed by atoms with Crippen LogP contribution in [0.3, 0.4) is 0 Å². The van der Waals surface area contributed by atoms with Crippen molar-refractivity contribution in [2.45, 2.75) is 12.5 Å². The first-order chi connectivity index (χ1) is 8.65. The second kappa shape index (κ2) is 6.68. The van der Waals surface area contributed by atoms with Crippen LogP contribution in [0.4, 0.5) is 0 Å². The molecule has 0 spiro atoms. The summed E-state index contributed by atoms with van der Waals surface area (Å²) in [5.74, 6) is 0.628. The Labute approximate surface area is 125 Å². The number of likely N-dealkylation sites (tertiary alicyclic amines) is 1. The van der Waals surface area contributed by atoms with Crippen molar-refractivity contribution in [3.05, 3.63) is 19.8 Å². The second-order valence-electron chi connectivity index (χ2n) is 4.63. The molecule has 1 aromatic heterocycles. The van der Waals surface area contributed by atoms with Crippen molar-refractivity contribution >= 4 is 38.9 Å². The minimum atomic E-state index is 0.278. The van der Waals surface area contributed by atoms with Crippen LogP contribution in [0, 0.1) is 5.92 Å². The molecule has 6 heteroatoms. The van der Waals surface area contributed by atoms with Crippen LogP contribution >= 0.6 is 38.9 Å². The van der Waals surface area contributed by atoms with Crippen LogP contribution in [0.25, 0.3) is 0 Å². The van der Waals surface area contributed by atoms with Crippen LogP contribution in [-0.4, -0.2) is 38.3 Å². The van der Waals surface area contributed by atoms with Gasteiger partial charge in [-0.1, -0.05) is 11.6 Å². The van der Waals surface area contributed by atoms with Crippen molar-refractivity contribution in [3.8, 4) is 0 Å². The van der Waals surface area contributed by atoms with Crippen molar-refractivity contribution in [2.24, 2.45) is 11.7 Å². The first-order valence-corrected chi connectivity index (χ1v) is 8.02. The number of methoxy groups -OCH3 is 1. The van der Waals surface area contributed by atoms with Gasteiger partial charge in [0, 0.05) is 29.5 Å². The highest BCUT2D eigenvalue weighted by Crippen LogP contribution is 2.38. The Morgan fingerprint density at radius 1 is 1.72 bits per heavy atom. The fourth-order valence-corrected chi connectivity index (χ4v) is 4.37. The molecule has 1 saturated heterocycles. The smallest absolute Gasteiger partial charge is 0.107 e. The Kier molecular flexibility index (Phi) is 5.47. The molecule has 0 amide bonds. The van der Waals surface area contributed by atoms with Crippen molar-refractivity contribution < 1.29 is 4.74 Å². The zero-order chi connectivity index (χ0) is 13.1. The molecule has 0 aliphatic carbocycles. The van der Waals surface area contributed by atoms with Crippen LogP contribution < -0.4 is 5.73 Å². The van der Waals surface area contributed by atoms with E-state index in [1.54, 1.807) is 18.4 Å². The zero-order valence-corrected chi connectivity index (χ0v) is 13.5. The van der Waals surface area contributed by atoms with E-state index in [1.807, 2.05) is 0 Å². The first-order valence-electron chi connectivity index (χ1n) is 6.03. The number of nitrogens with two attached hydrogens (primary N) is 1. The van der Waals surface area contributed by atoms with E-state index in [0.29, 0.717) is 12.5 Å². The molecule has 0 aromatic carbocycles. The summed E-state index contributed by atoms with van der Waals surface area (Å²) < 4.78 is 7.00. The number of hydrogen-bond acceptors (Lipinski definition) is 4. The molecular formula is C12H18BrClN2OS. The lowest BCUT2D eigenvalue weighted by Gasteiger charge is -2.25. The van der Waals surface area contributed by atoms with Gasteiger partial charge < -0.3 is 10.5 Å². The van der Waals surface area contributed by atoms with Gasteiger partial charge in [0.25, 0.3) is 0 Å². The van der Waals surface area contributed by atoms with Crippen molar-refractivity contribution in [1.82, 2.24) is 4.90 Å². The third-order valence-electron chi connectivity index (χ3n) is 3.38. The fourth-order valence-electron chi connectivity index (χ4n) is 2.49. The molecule has 102 valence electrons. The number of nitrogens with zero attached hydrogens (tertiary/aromatic N) is 1. The minimum absolute atomic E-state index is 0.278. The van der Waals surface area contributed by atoms with E-state index in [0.717, 1.165) is 28.5 Å². The van der Waals surface area contributed by atoms with Crippen LogP contribution in [0.2, 0.25) is 4.34 Å². The van der Waals surface area contributed by atoms with Gasteiger partial charge in [-0.2, -0.15) is 0 Å². The normalized spacial score (nSPS) is 22.6. The number of thiophene rings is 1. The van der Waals surface area contributed by atoms with E-state index in [-0.39, 0.29) is 6.04 Å². The van der Waals surface area contributed by atoms with Crippen molar-refractivity contribution in [3.63, 3.8) is 0 Å². The Morgan fingerprint density at radius 2 is 2.50 bits per heavy atom. The van der Waals surface area contributed by atoms with Crippen molar-refractivity contribution in [1.29, 1.82) is 0 Å². The predicted octanol–water partition coefficient (Wildman–Crippen LogP) is 3.13. The summed E-state index contributed by atoms with van der Waals surface area (Å²) in [6.45, 7) is 3.61. The molecule has 1 aliphatic rings. The van der Waals surface area contributed by atoms with Gasteiger partial charge in [-0.05, 0) is 40.9 Å². The quantitative estimate of drug-likeness (QED) is 0.884. The monoisotopic (exact) mass is 352 g/mol. The molecule has 1 fully saturated rings. The van der Waals surface area contributed by atoms with Gasteiger partial charge in [-0.3, -0.25) is 4.90 Å². The van der Waals surface area contributed by atoms with Gasteiger partial charge in [-0.25, -0.2) is 0 Å². The maximum absolute atomic E-state index is 6.11. The summed E-state index contributed by atoms with van der Waals surface area (Å²) >= 11 is 11.2. The van der Waals surface area contributed by atoms with Gasteiger partial charge in [0.1, 0.15) is 4.34 Å². The van der Waals surface area contributed by atoms with E-state index in [9.17, 15) is 0 Å². The molecule has 2 atom stereocenters. The highest BCUT2D eigenvalue weighted by Gasteiger charge is 2.29. The van der Waals surface area contributed by atoms with Gasteiger partial charge in [0.2, 0.25) is 0 Å². The highest BCUT2D eigenvalue weighted by molar-refractivity contribution is 9.10. The minimum Gasteiger partial charge on any atom is -0.384 e. The highest BCUT2D eigenvalue weighted by atomic mass is 79.9. The average Bonchev–Trinajstić information content (AvgIpc) is 2.90. The topological polar surface area (TPSA) is 38.5 Å². The Morgan fingerprint density at radius 3 is 3.06 bits per heavy atom. The first kappa shape index (κ1) is 14.8. The Balaban J connectivity index is 2.05. The molecule has 2 heterocycles. The Bertz CT molecular complexity index is 382. The van der Waals surface area contributed by atoms with E-state index in [1.165, 1.54) is 11.3 Å². The number of ether oxygens (including phenoxy) is 1. The van der Waals surface area contributed by atoms with Crippen LogP contribution in [-0.2, 0) is 4.74 Å².